The number of nitrogens with zero attached hydrogens (tertiary/aromatic N) is 1. The Labute approximate surface area is 127 Å². The molecule has 1 aliphatic heterocycles. The largest absolute Gasteiger partial charge is 0.381 e. The van der Waals surface area contributed by atoms with E-state index in [1.807, 2.05) is 11.8 Å². The second-order valence-corrected chi connectivity index (χ2v) is 7.09. The van der Waals surface area contributed by atoms with Crippen molar-refractivity contribution in [2.24, 2.45) is 4.99 Å². The summed E-state index contributed by atoms with van der Waals surface area (Å²) in [5.74, 6) is 0.999. The van der Waals surface area contributed by atoms with Crippen LogP contribution in [0.5, 0.6) is 0 Å². The van der Waals surface area contributed by atoms with Crippen LogP contribution in [0.4, 0.5) is 0 Å². The summed E-state index contributed by atoms with van der Waals surface area (Å²) in [5.41, 5.74) is 0. The van der Waals surface area contributed by atoms with Crippen molar-refractivity contribution in [2.75, 3.05) is 32.6 Å². The van der Waals surface area contributed by atoms with E-state index in [0.29, 0.717) is 6.04 Å². The Kier molecular flexibility index (Phi) is 6.49. The molecule has 2 N–H and O–H groups in total. The fourth-order valence-corrected chi connectivity index (χ4v) is 3.75. The molecule has 0 atom stereocenters. The summed E-state index contributed by atoms with van der Waals surface area (Å²) in [4.78, 5) is 4.86. The van der Waals surface area contributed by atoms with E-state index < -0.39 is 0 Å². The lowest BCUT2D eigenvalue weighted by molar-refractivity contribution is 0.0794. The van der Waals surface area contributed by atoms with E-state index >= 15 is 0 Å². The maximum atomic E-state index is 5.50. The Morgan fingerprint density at radius 2 is 2.00 bits per heavy atom. The lowest BCUT2D eigenvalue weighted by Crippen LogP contribution is -2.44. The number of thioether (sulfide) groups is 1. The third-order valence-electron chi connectivity index (χ3n) is 4.40. The zero-order chi connectivity index (χ0) is 14.3. The normalized spacial score (nSPS) is 23.8. The van der Waals surface area contributed by atoms with Crippen LogP contribution in [0.1, 0.15) is 45.4 Å². The molecule has 0 bridgehead atoms. The molecule has 2 fully saturated rings. The van der Waals surface area contributed by atoms with E-state index in [-0.39, 0.29) is 4.75 Å². The number of hydrogen-bond donors (Lipinski definition) is 2. The molecule has 2 rings (SSSR count). The van der Waals surface area contributed by atoms with Gasteiger partial charge in [-0.2, -0.15) is 11.8 Å². The monoisotopic (exact) mass is 299 g/mol. The molecule has 0 aromatic rings. The van der Waals surface area contributed by atoms with Crippen LogP contribution in [0.2, 0.25) is 0 Å². The number of hydrogen-bond acceptors (Lipinski definition) is 3. The molecule has 0 spiro atoms. The Hall–Kier alpha value is -0.420. The molecular weight excluding hydrogens is 270 g/mol. The standard InChI is InChI=1S/C15H29N3OS/c1-3-16-14(18-13-6-4-5-7-13)17-12-15(20-2)8-10-19-11-9-15/h13H,3-12H2,1-2H3,(H2,16,17,18). The first-order valence-electron chi connectivity index (χ1n) is 7.96. The van der Waals surface area contributed by atoms with Crippen molar-refractivity contribution in [3.63, 3.8) is 0 Å². The second-order valence-electron chi connectivity index (χ2n) is 5.82. The molecule has 2 aliphatic rings. The third-order valence-corrected chi connectivity index (χ3v) is 5.81. The average Bonchev–Trinajstić information content (AvgIpc) is 2.99. The van der Waals surface area contributed by atoms with Crippen molar-refractivity contribution in [3.05, 3.63) is 0 Å². The molecule has 0 aromatic carbocycles. The molecule has 0 unspecified atom stereocenters. The molecule has 20 heavy (non-hydrogen) atoms. The first-order chi connectivity index (χ1) is 9.78. The smallest absolute Gasteiger partial charge is 0.191 e. The van der Waals surface area contributed by atoms with Gasteiger partial charge in [0.25, 0.3) is 0 Å². The van der Waals surface area contributed by atoms with Gasteiger partial charge < -0.3 is 15.4 Å². The topological polar surface area (TPSA) is 45.7 Å². The maximum absolute atomic E-state index is 5.50. The van der Waals surface area contributed by atoms with Gasteiger partial charge in [0.2, 0.25) is 0 Å². The third kappa shape index (κ3) is 4.55. The molecule has 5 heteroatoms. The van der Waals surface area contributed by atoms with E-state index in [0.717, 1.165) is 45.1 Å². The Morgan fingerprint density at radius 1 is 1.30 bits per heavy atom. The van der Waals surface area contributed by atoms with Gasteiger partial charge in [-0.25, -0.2) is 0 Å². The number of guanidine groups is 1. The van der Waals surface area contributed by atoms with Crippen LogP contribution in [0.3, 0.4) is 0 Å². The highest BCUT2D eigenvalue weighted by atomic mass is 32.2. The highest BCUT2D eigenvalue weighted by Gasteiger charge is 2.31. The summed E-state index contributed by atoms with van der Waals surface area (Å²) in [7, 11) is 0. The lowest BCUT2D eigenvalue weighted by Gasteiger charge is -2.34. The van der Waals surface area contributed by atoms with Gasteiger partial charge >= 0.3 is 0 Å². The minimum atomic E-state index is 0.274. The molecule has 1 aliphatic carbocycles. The predicted octanol–water partition coefficient (Wildman–Crippen LogP) is 2.40. The zero-order valence-corrected chi connectivity index (χ0v) is 13.7. The van der Waals surface area contributed by atoms with Crippen molar-refractivity contribution in [3.8, 4) is 0 Å². The molecule has 4 nitrogen and oxygen atoms in total. The second kappa shape index (κ2) is 8.13. The highest BCUT2D eigenvalue weighted by molar-refractivity contribution is 8.00. The van der Waals surface area contributed by atoms with Crippen molar-refractivity contribution in [2.45, 2.75) is 56.2 Å². The number of nitrogens with one attached hydrogen (secondary N) is 2. The number of aliphatic imine (C=N–C) groups is 1. The molecule has 0 aromatic heterocycles. The minimum absolute atomic E-state index is 0.274. The first kappa shape index (κ1) is 16.0. The van der Waals surface area contributed by atoms with Gasteiger partial charge in [-0.15, -0.1) is 0 Å². The minimum Gasteiger partial charge on any atom is -0.381 e. The molecule has 0 radical (unpaired) electrons. The summed E-state index contributed by atoms with van der Waals surface area (Å²) in [6.07, 6.45) is 9.70. The van der Waals surface area contributed by atoms with Crippen molar-refractivity contribution < 1.29 is 4.74 Å². The van der Waals surface area contributed by atoms with Gasteiger partial charge in [0.1, 0.15) is 0 Å². The first-order valence-corrected chi connectivity index (χ1v) is 9.18. The van der Waals surface area contributed by atoms with Crippen LogP contribution in [0.25, 0.3) is 0 Å². The van der Waals surface area contributed by atoms with E-state index in [1.165, 1.54) is 25.7 Å². The van der Waals surface area contributed by atoms with Crippen LogP contribution in [-0.4, -0.2) is 49.3 Å². The van der Waals surface area contributed by atoms with Gasteiger partial charge in [-0.05, 0) is 38.9 Å². The molecular formula is C15H29N3OS. The highest BCUT2D eigenvalue weighted by Crippen LogP contribution is 2.34. The van der Waals surface area contributed by atoms with Gasteiger partial charge in [-0.1, -0.05) is 12.8 Å². The van der Waals surface area contributed by atoms with Crippen LogP contribution in [0.15, 0.2) is 4.99 Å². The Morgan fingerprint density at radius 3 is 2.60 bits per heavy atom. The van der Waals surface area contributed by atoms with Gasteiger partial charge in [0.15, 0.2) is 5.96 Å². The quantitative estimate of drug-likeness (QED) is 0.604. The summed E-state index contributed by atoms with van der Waals surface area (Å²) >= 11 is 1.95. The summed E-state index contributed by atoms with van der Waals surface area (Å²) in [6.45, 7) is 5.70. The van der Waals surface area contributed by atoms with Gasteiger partial charge in [0, 0.05) is 30.5 Å². The van der Waals surface area contributed by atoms with Gasteiger partial charge in [0.05, 0.1) is 6.54 Å². The molecule has 1 heterocycles. The predicted molar refractivity (Wildman–Crippen MR) is 87.7 cm³/mol. The van der Waals surface area contributed by atoms with Crippen LogP contribution in [0, 0.1) is 0 Å². The Balaban J connectivity index is 1.92. The van der Waals surface area contributed by atoms with E-state index in [4.69, 9.17) is 9.73 Å². The summed E-state index contributed by atoms with van der Waals surface area (Å²) in [6, 6.07) is 0.618. The fraction of sp³-hybridized carbons (Fsp3) is 0.933. The zero-order valence-electron chi connectivity index (χ0n) is 12.9. The molecule has 0 amide bonds. The SMILES string of the molecule is CCNC(=NCC1(SC)CCOCC1)NC1CCCC1. The van der Waals surface area contributed by atoms with Crippen molar-refractivity contribution >= 4 is 17.7 Å². The summed E-state index contributed by atoms with van der Waals surface area (Å²) in [5, 5.41) is 6.98. The average molecular weight is 299 g/mol. The Bertz CT molecular complexity index is 310. The van der Waals surface area contributed by atoms with Crippen LogP contribution < -0.4 is 10.6 Å². The molecule has 116 valence electrons. The summed E-state index contributed by atoms with van der Waals surface area (Å²) < 4.78 is 5.77. The number of ether oxygens (including phenoxy) is 1. The number of rotatable bonds is 5. The van der Waals surface area contributed by atoms with Gasteiger partial charge in [-0.3, -0.25) is 4.99 Å². The van der Waals surface area contributed by atoms with Crippen LogP contribution >= 0.6 is 11.8 Å². The van der Waals surface area contributed by atoms with E-state index in [9.17, 15) is 0 Å². The lowest BCUT2D eigenvalue weighted by atomic mass is 9.99. The van der Waals surface area contributed by atoms with Crippen molar-refractivity contribution in [1.82, 2.24) is 10.6 Å². The molecule has 1 saturated carbocycles. The maximum Gasteiger partial charge on any atom is 0.191 e. The van der Waals surface area contributed by atoms with E-state index in [2.05, 4.69) is 23.8 Å². The van der Waals surface area contributed by atoms with E-state index in [1.54, 1.807) is 0 Å². The fourth-order valence-electron chi connectivity index (χ4n) is 2.98. The van der Waals surface area contributed by atoms with Crippen LogP contribution in [-0.2, 0) is 4.74 Å². The molecule has 1 saturated heterocycles. The van der Waals surface area contributed by atoms with Crippen molar-refractivity contribution in [1.29, 1.82) is 0 Å².